The second-order valence-electron chi connectivity index (χ2n) is 3.83. The smallest absolute Gasteiger partial charge is 0.218 e. The molecule has 17 heavy (non-hydrogen) atoms. The molecule has 2 aromatic carbocycles. The quantitative estimate of drug-likeness (QED) is 0.787. The molecule has 90 valence electrons. The van der Waals surface area contributed by atoms with E-state index in [9.17, 15) is 4.57 Å². The molecule has 1 unspecified atom stereocenters. The van der Waals surface area contributed by atoms with Gasteiger partial charge in [0.2, 0.25) is 8.03 Å². The van der Waals surface area contributed by atoms with Crippen molar-refractivity contribution in [3.05, 3.63) is 65.7 Å². The van der Waals surface area contributed by atoms with Gasteiger partial charge in [-0.15, -0.1) is 0 Å². The third-order valence-electron chi connectivity index (χ3n) is 2.24. The lowest BCUT2D eigenvalue weighted by Gasteiger charge is -1.94. The highest BCUT2D eigenvalue weighted by molar-refractivity contribution is 7.47. The van der Waals surface area contributed by atoms with Gasteiger partial charge in [0.15, 0.2) is 0 Å². The molecule has 0 radical (unpaired) electrons. The summed E-state index contributed by atoms with van der Waals surface area (Å²) in [6, 6.07) is 17.3. The average Bonchev–Trinajstić information content (AvgIpc) is 2.31. The standard InChI is InChI=1S/C7H9O2P.C7H8/c1-6-2-4-7(5-3-6)10(8)9;1-7-5-3-2-4-6-7/h2-5,10H,1H3,(H,8,9);2-6H,1H3. The van der Waals surface area contributed by atoms with E-state index in [4.69, 9.17) is 4.89 Å². The van der Waals surface area contributed by atoms with Crippen LogP contribution in [0.1, 0.15) is 11.1 Å². The van der Waals surface area contributed by atoms with E-state index in [1.807, 2.05) is 37.3 Å². The first-order valence-electron chi connectivity index (χ1n) is 5.41. The Morgan fingerprint density at radius 3 is 1.65 bits per heavy atom. The molecule has 0 spiro atoms. The Hall–Kier alpha value is -1.37. The fraction of sp³-hybridized carbons (Fsp3) is 0.143. The Morgan fingerprint density at radius 2 is 1.29 bits per heavy atom. The molecular formula is C14H17O2P. The van der Waals surface area contributed by atoms with Crippen molar-refractivity contribution in [1.29, 1.82) is 0 Å². The van der Waals surface area contributed by atoms with E-state index in [1.54, 1.807) is 12.1 Å². The van der Waals surface area contributed by atoms with E-state index >= 15 is 0 Å². The topological polar surface area (TPSA) is 37.3 Å². The van der Waals surface area contributed by atoms with Gasteiger partial charge in [0.1, 0.15) is 0 Å². The Morgan fingerprint density at radius 1 is 0.824 bits per heavy atom. The predicted molar refractivity (Wildman–Crippen MR) is 73.2 cm³/mol. The molecular weight excluding hydrogens is 231 g/mol. The monoisotopic (exact) mass is 248 g/mol. The Balaban J connectivity index is 0.000000181. The van der Waals surface area contributed by atoms with Crippen molar-refractivity contribution in [3.8, 4) is 0 Å². The molecule has 0 aliphatic rings. The van der Waals surface area contributed by atoms with Gasteiger partial charge in [0.25, 0.3) is 0 Å². The zero-order valence-corrected chi connectivity index (χ0v) is 11.1. The first kappa shape index (κ1) is 13.7. The minimum absolute atomic E-state index is 0.524. The molecule has 2 aromatic rings. The minimum atomic E-state index is -2.48. The lowest BCUT2D eigenvalue weighted by molar-refractivity contribution is 0.513. The van der Waals surface area contributed by atoms with Crippen molar-refractivity contribution >= 4 is 13.3 Å². The van der Waals surface area contributed by atoms with Crippen LogP contribution in [0.3, 0.4) is 0 Å². The maximum absolute atomic E-state index is 10.5. The highest BCUT2D eigenvalue weighted by Crippen LogP contribution is 2.12. The summed E-state index contributed by atoms with van der Waals surface area (Å²) in [4.78, 5) is 8.66. The third-order valence-corrected chi connectivity index (χ3v) is 3.07. The number of hydrogen-bond acceptors (Lipinski definition) is 1. The van der Waals surface area contributed by atoms with Gasteiger partial charge >= 0.3 is 0 Å². The SMILES string of the molecule is Cc1ccc([PH](=O)O)cc1.Cc1ccccc1. The summed E-state index contributed by atoms with van der Waals surface area (Å²) in [7, 11) is -2.48. The van der Waals surface area contributed by atoms with Crippen LogP contribution in [0.2, 0.25) is 0 Å². The maximum Gasteiger partial charge on any atom is 0.218 e. The third kappa shape index (κ3) is 5.48. The van der Waals surface area contributed by atoms with Crippen molar-refractivity contribution in [1.82, 2.24) is 0 Å². The zero-order valence-electron chi connectivity index (χ0n) is 10.1. The molecule has 0 bridgehead atoms. The first-order valence-corrected chi connectivity index (χ1v) is 6.77. The summed E-state index contributed by atoms with van der Waals surface area (Å²) in [5, 5.41) is 0.524. The summed E-state index contributed by atoms with van der Waals surface area (Å²) in [6.07, 6.45) is 0. The molecule has 0 saturated carbocycles. The van der Waals surface area contributed by atoms with Gasteiger partial charge in [-0.05, 0) is 26.0 Å². The van der Waals surface area contributed by atoms with Gasteiger partial charge in [-0.2, -0.15) is 0 Å². The van der Waals surface area contributed by atoms with Crippen LogP contribution in [0.25, 0.3) is 0 Å². The summed E-state index contributed by atoms with van der Waals surface area (Å²) < 4.78 is 10.5. The van der Waals surface area contributed by atoms with E-state index in [1.165, 1.54) is 5.56 Å². The zero-order chi connectivity index (χ0) is 12.7. The Kier molecular flexibility index (Phi) is 5.68. The molecule has 2 rings (SSSR count). The number of hydrogen-bond donors (Lipinski definition) is 1. The van der Waals surface area contributed by atoms with E-state index in [0.29, 0.717) is 5.30 Å². The Labute approximate surface area is 103 Å². The van der Waals surface area contributed by atoms with Crippen molar-refractivity contribution in [2.24, 2.45) is 0 Å². The number of rotatable bonds is 1. The van der Waals surface area contributed by atoms with Gasteiger partial charge in [-0.25, -0.2) is 0 Å². The highest BCUT2D eigenvalue weighted by Gasteiger charge is 1.95. The van der Waals surface area contributed by atoms with Crippen molar-refractivity contribution in [2.45, 2.75) is 13.8 Å². The fourth-order valence-electron chi connectivity index (χ4n) is 1.23. The summed E-state index contributed by atoms with van der Waals surface area (Å²) >= 11 is 0. The summed E-state index contributed by atoms with van der Waals surface area (Å²) in [6.45, 7) is 4.03. The van der Waals surface area contributed by atoms with Crippen LogP contribution in [-0.4, -0.2) is 4.89 Å². The average molecular weight is 248 g/mol. The van der Waals surface area contributed by atoms with Gasteiger partial charge in [0.05, 0.1) is 0 Å². The van der Waals surface area contributed by atoms with Crippen LogP contribution in [-0.2, 0) is 4.57 Å². The van der Waals surface area contributed by atoms with Crippen LogP contribution in [0, 0.1) is 13.8 Å². The molecule has 1 N–H and O–H groups in total. The lowest BCUT2D eigenvalue weighted by atomic mass is 10.2. The molecule has 2 nitrogen and oxygen atoms in total. The minimum Gasteiger partial charge on any atom is -0.343 e. The van der Waals surface area contributed by atoms with E-state index in [2.05, 4.69) is 19.1 Å². The van der Waals surface area contributed by atoms with Crippen molar-refractivity contribution in [2.75, 3.05) is 0 Å². The maximum atomic E-state index is 10.5. The van der Waals surface area contributed by atoms with Crippen LogP contribution < -0.4 is 5.30 Å². The van der Waals surface area contributed by atoms with Crippen LogP contribution in [0.15, 0.2) is 54.6 Å². The molecule has 0 saturated heterocycles. The summed E-state index contributed by atoms with van der Waals surface area (Å²) in [5.41, 5.74) is 2.43. The largest absolute Gasteiger partial charge is 0.343 e. The molecule has 0 aliphatic carbocycles. The van der Waals surface area contributed by atoms with E-state index in [0.717, 1.165) is 5.56 Å². The van der Waals surface area contributed by atoms with Gasteiger partial charge < -0.3 is 4.89 Å². The number of aryl methyl sites for hydroxylation is 2. The van der Waals surface area contributed by atoms with E-state index < -0.39 is 8.03 Å². The molecule has 0 amide bonds. The molecule has 0 fully saturated rings. The molecule has 0 aromatic heterocycles. The number of benzene rings is 2. The molecule has 3 heteroatoms. The van der Waals surface area contributed by atoms with Crippen LogP contribution in [0.5, 0.6) is 0 Å². The second-order valence-corrected chi connectivity index (χ2v) is 5.01. The first-order chi connectivity index (χ1) is 8.09. The lowest BCUT2D eigenvalue weighted by Crippen LogP contribution is -1.93. The van der Waals surface area contributed by atoms with Gasteiger partial charge in [0, 0.05) is 5.30 Å². The Bertz CT molecular complexity index is 463. The molecule has 0 heterocycles. The predicted octanol–water partition coefficient (Wildman–Crippen LogP) is 3.08. The second kappa shape index (κ2) is 7.05. The summed E-state index contributed by atoms with van der Waals surface area (Å²) in [5.74, 6) is 0. The molecule has 0 aliphatic heterocycles. The van der Waals surface area contributed by atoms with Gasteiger partial charge in [-0.3, -0.25) is 4.57 Å². The highest BCUT2D eigenvalue weighted by atomic mass is 31.1. The van der Waals surface area contributed by atoms with Crippen molar-refractivity contribution < 1.29 is 9.46 Å². The fourth-order valence-corrected chi connectivity index (χ4v) is 1.68. The van der Waals surface area contributed by atoms with E-state index in [-0.39, 0.29) is 0 Å². The van der Waals surface area contributed by atoms with Crippen LogP contribution in [0.4, 0.5) is 0 Å². The van der Waals surface area contributed by atoms with Crippen LogP contribution >= 0.6 is 8.03 Å². The van der Waals surface area contributed by atoms with Gasteiger partial charge in [-0.1, -0.05) is 53.6 Å². The molecule has 1 atom stereocenters. The normalized spacial score (nSPS) is 11.2. The van der Waals surface area contributed by atoms with Crippen molar-refractivity contribution in [3.63, 3.8) is 0 Å².